The number of hydrogen-bond donors (Lipinski definition) is 1. The Labute approximate surface area is 153 Å². The van der Waals surface area contributed by atoms with Crippen molar-refractivity contribution in [1.29, 1.82) is 0 Å². The lowest BCUT2D eigenvalue weighted by molar-refractivity contribution is -0.120. The molecule has 0 saturated heterocycles. The van der Waals surface area contributed by atoms with Gasteiger partial charge in [0, 0.05) is 48.5 Å². The van der Waals surface area contributed by atoms with Gasteiger partial charge in [0.1, 0.15) is 5.65 Å². The molecule has 3 heterocycles. The van der Waals surface area contributed by atoms with Crippen LogP contribution in [0.5, 0.6) is 0 Å². The van der Waals surface area contributed by atoms with Gasteiger partial charge in [-0.25, -0.2) is 4.98 Å². The molecule has 0 unspecified atom stereocenters. The smallest absolute Gasteiger partial charge is 0.219 e. The molecule has 0 atom stereocenters. The third-order valence-electron chi connectivity index (χ3n) is 4.14. The second-order valence-electron chi connectivity index (χ2n) is 5.79. The van der Waals surface area contributed by atoms with Gasteiger partial charge in [-0.2, -0.15) is 0 Å². The molecule has 0 radical (unpaired) electrons. The van der Waals surface area contributed by atoms with Gasteiger partial charge in [-0.1, -0.05) is 6.92 Å². The van der Waals surface area contributed by atoms with E-state index in [0.29, 0.717) is 13.0 Å². The van der Waals surface area contributed by atoms with Crippen LogP contribution in [-0.2, 0) is 11.3 Å². The number of pyridine rings is 2. The highest BCUT2D eigenvalue weighted by Gasteiger charge is 2.13. The molecule has 0 spiro atoms. The molecule has 0 bridgehead atoms. The summed E-state index contributed by atoms with van der Waals surface area (Å²) in [5, 5.41) is 4.05. The first-order valence-corrected chi connectivity index (χ1v) is 8.33. The predicted molar refractivity (Wildman–Crippen MR) is 103 cm³/mol. The summed E-state index contributed by atoms with van der Waals surface area (Å²) in [7, 11) is 0. The highest BCUT2D eigenvalue weighted by atomic mass is 35.5. The molecule has 0 aliphatic rings. The highest BCUT2D eigenvalue weighted by Crippen LogP contribution is 2.28. The topological polar surface area (TPSA) is 59.8 Å². The molecule has 132 valence electrons. The normalized spacial score (nSPS) is 10.5. The SMILES string of the molecule is CCC(=O)NCCCn1c(-c2cccnc2C)cc2cccnc21.Cl. The summed E-state index contributed by atoms with van der Waals surface area (Å²) < 4.78 is 2.22. The first kappa shape index (κ1) is 18.9. The maximum absolute atomic E-state index is 11.4. The number of hydrogen-bond acceptors (Lipinski definition) is 3. The monoisotopic (exact) mass is 358 g/mol. The standard InChI is InChI=1S/C19H22N4O.ClH/c1-3-18(24)21-11-6-12-23-17(16-8-5-9-20-14(16)2)13-15-7-4-10-22-19(15)23;/h4-5,7-10,13H,3,6,11-12H2,1-2H3,(H,21,24);1H. The van der Waals surface area contributed by atoms with E-state index < -0.39 is 0 Å². The first-order chi connectivity index (χ1) is 11.7. The summed E-state index contributed by atoms with van der Waals surface area (Å²) in [6, 6.07) is 10.2. The molecular formula is C19H23ClN4O. The Kier molecular flexibility index (Phi) is 6.53. The third kappa shape index (κ3) is 4.17. The van der Waals surface area contributed by atoms with E-state index in [1.165, 1.54) is 0 Å². The first-order valence-electron chi connectivity index (χ1n) is 8.33. The summed E-state index contributed by atoms with van der Waals surface area (Å²) in [6.45, 7) is 5.35. The van der Waals surface area contributed by atoms with Crippen molar-refractivity contribution in [1.82, 2.24) is 19.9 Å². The lowest BCUT2D eigenvalue weighted by atomic mass is 10.1. The third-order valence-corrected chi connectivity index (χ3v) is 4.14. The quantitative estimate of drug-likeness (QED) is 0.683. The van der Waals surface area contributed by atoms with E-state index in [-0.39, 0.29) is 18.3 Å². The fourth-order valence-corrected chi connectivity index (χ4v) is 2.88. The molecule has 1 amide bonds. The number of amides is 1. The van der Waals surface area contributed by atoms with Crippen LogP contribution in [0, 0.1) is 6.92 Å². The fraction of sp³-hybridized carbons (Fsp3) is 0.316. The molecule has 0 aliphatic carbocycles. The molecule has 3 aromatic rings. The second kappa shape index (κ2) is 8.62. The lowest BCUT2D eigenvalue weighted by Gasteiger charge is -2.12. The maximum Gasteiger partial charge on any atom is 0.219 e. The fourth-order valence-electron chi connectivity index (χ4n) is 2.88. The number of rotatable bonds is 6. The van der Waals surface area contributed by atoms with Crippen molar-refractivity contribution in [2.24, 2.45) is 0 Å². The van der Waals surface area contributed by atoms with E-state index in [2.05, 4.69) is 38.1 Å². The minimum Gasteiger partial charge on any atom is -0.356 e. The second-order valence-corrected chi connectivity index (χ2v) is 5.79. The van der Waals surface area contributed by atoms with Crippen LogP contribution in [-0.4, -0.2) is 27.0 Å². The molecule has 3 rings (SSSR count). The Morgan fingerprint density at radius 1 is 1.20 bits per heavy atom. The van der Waals surface area contributed by atoms with Gasteiger partial charge in [-0.3, -0.25) is 9.78 Å². The molecule has 25 heavy (non-hydrogen) atoms. The van der Waals surface area contributed by atoms with E-state index in [0.717, 1.165) is 41.0 Å². The average molecular weight is 359 g/mol. The predicted octanol–water partition coefficient (Wildman–Crippen LogP) is 3.74. The number of nitrogens with zero attached hydrogens (tertiary/aromatic N) is 3. The zero-order chi connectivity index (χ0) is 16.9. The van der Waals surface area contributed by atoms with Crippen molar-refractivity contribution >= 4 is 29.3 Å². The zero-order valence-electron chi connectivity index (χ0n) is 14.5. The number of aromatic nitrogens is 3. The molecule has 0 fully saturated rings. The summed E-state index contributed by atoms with van der Waals surface area (Å²) in [5.41, 5.74) is 4.21. The van der Waals surface area contributed by atoms with Crippen LogP contribution in [0.15, 0.2) is 42.7 Å². The van der Waals surface area contributed by atoms with Crippen LogP contribution >= 0.6 is 12.4 Å². The van der Waals surface area contributed by atoms with Crippen molar-refractivity contribution in [3.63, 3.8) is 0 Å². The van der Waals surface area contributed by atoms with Crippen LogP contribution in [0.1, 0.15) is 25.5 Å². The van der Waals surface area contributed by atoms with E-state index in [1.807, 2.05) is 38.4 Å². The summed E-state index contributed by atoms with van der Waals surface area (Å²) in [6.07, 6.45) is 5.01. The Morgan fingerprint density at radius 3 is 2.72 bits per heavy atom. The number of fused-ring (bicyclic) bond motifs is 1. The molecular weight excluding hydrogens is 336 g/mol. The highest BCUT2D eigenvalue weighted by molar-refractivity contribution is 5.85. The molecule has 0 aliphatic heterocycles. The molecule has 3 aromatic heterocycles. The van der Waals surface area contributed by atoms with E-state index in [9.17, 15) is 4.79 Å². The number of halogens is 1. The van der Waals surface area contributed by atoms with Gasteiger partial charge in [-0.15, -0.1) is 12.4 Å². The number of aryl methyl sites for hydroxylation is 2. The van der Waals surface area contributed by atoms with Gasteiger partial charge < -0.3 is 9.88 Å². The van der Waals surface area contributed by atoms with E-state index in [1.54, 1.807) is 0 Å². The van der Waals surface area contributed by atoms with Gasteiger partial charge >= 0.3 is 0 Å². The van der Waals surface area contributed by atoms with E-state index >= 15 is 0 Å². The number of carbonyl (C=O) groups is 1. The molecule has 0 saturated carbocycles. The summed E-state index contributed by atoms with van der Waals surface area (Å²) >= 11 is 0. The molecule has 0 aromatic carbocycles. The van der Waals surface area contributed by atoms with Crippen molar-refractivity contribution in [3.8, 4) is 11.3 Å². The summed E-state index contributed by atoms with van der Waals surface area (Å²) in [5.74, 6) is 0.0915. The molecule has 5 nitrogen and oxygen atoms in total. The van der Waals surface area contributed by atoms with Gasteiger partial charge in [0.2, 0.25) is 5.91 Å². The molecule has 1 N–H and O–H groups in total. The average Bonchev–Trinajstić information content (AvgIpc) is 2.97. The Balaban J connectivity index is 0.00000225. The lowest BCUT2D eigenvalue weighted by Crippen LogP contribution is -2.24. The summed E-state index contributed by atoms with van der Waals surface area (Å²) in [4.78, 5) is 20.3. The number of carbonyl (C=O) groups excluding carboxylic acids is 1. The van der Waals surface area contributed by atoms with Gasteiger partial charge in [0.25, 0.3) is 0 Å². The minimum atomic E-state index is 0. The van der Waals surface area contributed by atoms with Gasteiger partial charge in [0.05, 0.1) is 5.69 Å². The Morgan fingerprint density at radius 2 is 1.96 bits per heavy atom. The van der Waals surface area contributed by atoms with Gasteiger partial charge in [-0.05, 0) is 43.7 Å². The zero-order valence-corrected chi connectivity index (χ0v) is 15.3. The van der Waals surface area contributed by atoms with E-state index in [4.69, 9.17) is 0 Å². The van der Waals surface area contributed by atoms with Crippen molar-refractivity contribution in [2.45, 2.75) is 33.2 Å². The largest absolute Gasteiger partial charge is 0.356 e. The van der Waals surface area contributed by atoms with Gasteiger partial charge in [0.15, 0.2) is 0 Å². The van der Waals surface area contributed by atoms with Crippen molar-refractivity contribution in [2.75, 3.05) is 6.54 Å². The van der Waals surface area contributed by atoms with Crippen LogP contribution in [0.3, 0.4) is 0 Å². The Hall–Kier alpha value is -2.40. The van der Waals surface area contributed by atoms with Crippen molar-refractivity contribution < 1.29 is 4.79 Å². The maximum atomic E-state index is 11.4. The Bertz CT molecular complexity index is 860. The molecule has 6 heteroatoms. The van der Waals surface area contributed by atoms with Crippen LogP contribution in [0.2, 0.25) is 0 Å². The van der Waals surface area contributed by atoms with Crippen LogP contribution in [0.25, 0.3) is 22.3 Å². The number of nitrogens with one attached hydrogen (secondary N) is 1. The van der Waals surface area contributed by atoms with Crippen LogP contribution < -0.4 is 5.32 Å². The van der Waals surface area contributed by atoms with Crippen molar-refractivity contribution in [3.05, 3.63) is 48.4 Å². The minimum absolute atomic E-state index is 0. The van der Waals surface area contributed by atoms with Crippen LogP contribution in [0.4, 0.5) is 0 Å².